The van der Waals surface area contributed by atoms with Gasteiger partial charge in [-0.15, -0.1) is 0 Å². The molecular weight excluding hydrogens is 729 g/mol. The standard InChI is InChI=1S/C56H40N2Si/c1-59(2)54-50-32-12-10-30-48(50)47-29-9-11-31-49(47)51(54)52-53(45-27-15-25-43(35-45)41-23-13-21-39(33-41)37-17-5-3-6-18-37)57-55(58-56(52)59)46-28-16-26-44(36-46)42-24-14-22-40(34-42)38-19-7-4-8-20-38/h3-36H,1-2H3. The van der Waals surface area contributed by atoms with E-state index < -0.39 is 8.07 Å². The molecule has 0 radical (unpaired) electrons. The van der Waals surface area contributed by atoms with Gasteiger partial charge in [-0.05, 0) is 101 Å². The van der Waals surface area contributed by atoms with E-state index in [9.17, 15) is 0 Å². The lowest BCUT2D eigenvalue weighted by Crippen LogP contribution is -2.51. The Morgan fingerprint density at radius 3 is 1.22 bits per heavy atom. The molecule has 1 aromatic heterocycles. The third-order valence-electron chi connectivity index (χ3n) is 12.2. The highest BCUT2D eigenvalue weighted by Crippen LogP contribution is 2.44. The second-order valence-corrected chi connectivity index (χ2v) is 20.4. The molecule has 0 saturated heterocycles. The summed E-state index contributed by atoms with van der Waals surface area (Å²) >= 11 is 0. The summed E-state index contributed by atoms with van der Waals surface area (Å²) in [6.07, 6.45) is 0. The van der Waals surface area contributed by atoms with Crippen LogP contribution < -0.4 is 10.5 Å². The molecule has 10 aromatic rings. The van der Waals surface area contributed by atoms with Gasteiger partial charge >= 0.3 is 0 Å². The Hall–Kier alpha value is -7.20. The summed E-state index contributed by atoms with van der Waals surface area (Å²) in [7, 11) is -2.39. The molecule has 278 valence electrons. The lowest BCUT2D eigenvalue weighted by molar-refractivity contribution is 1.21. The van der Waals surface area contributed by atoms with E-state index in [4.69, 9.17) is 9.97 Å². The minimum Gasteiger partial charge on any atom is -0.237 e. The number of aromatic nitrogens is 2. The van der Waals surface area contributed by atoms with Crippen LogP contribution in [-0.4, -0.2) is 18.0 Å². The van der Waals surface area contributed by atoms with Crippen LogP contribution in [0.4, 0.5) is 0 Å². The number of hydrogen-bond donors (Lipinski definition) is 0. The molecule has 3 heteroatoms. The summed E-state index contributed by atoms with van der Waals surface area (Å²) in [4.78, 5) is 11.3. The first-order chi connectivity index (χ1) is 29.0. The van der Waals surface area contributed by atoms with E-state index in [1.807, 2.05) is 0 Å². The first-order valence-electron chi connectivity index (χ1n) is 20.4. The Balaban J connectivity index is 1.14. The molecule has 1 aliphatic heterocycles. The van der Waals surface area contributed by atoms with Gasteiger partial charge in [0.15, 0.2) is 5.82 Å². The molecule has 0 spiro atoms. The van der Waals surface area contributed by atoms with Gasteiger partial charge in [0, 0.05) is 22.0 Å². The Labute approximate surface area is 346 Å². The normalized spacial score (nSPS) is 12.7. The number of rotatable bonds is 6. The zero-order valence-electron chi connectivity index (χ0n) is 33.0. The van der Waals surface area contributed by atoms with Crippen LogP contribution in [0.25, 0.3) is 99.8 Å². The molecule has 1 aliphatic rings. The smallest absolute Gasteiger partial charge is 0.159 e. The largest absolute Gasteiger partial charge is 0.237 e. The van der Waals surface area contributed by atoms with Crippen molar-refractivity contribution in [3.63, 3.8) is 0 Å². The minimum absolute atomic E-state index is 0.762. The van der Waals surface area contributed by atoms with Gasteiger partial charge in [-0.2, -0.15) is 0 Å². The molecule has 0 atom stereocenters. The van der Waals surface area contributed by atoms with Crippen molar-refractivity contribution < 1.29 is 0 Å². The predicted molar refractivity (Wildman–Crippen MR) is 252 cm³/mol. The van der Waals surface area contributed by atoms with Crippen molar-refractivity contribution in [1.82, 2.24) is 9.97 Å². The molecule has 2 nitrogen and oxygen atoms in total. The van der Waals surface area contributed by atoms with Crippen LogP contribution in [0.3, 0.4) is 0 Å². The van der Waals surface area contributed by atoms with Crippen molar-refractivity contribution in [2.75, 3.05) is 0 Å². The van der Waals surface area contributed by atoms with Crippen LogP contribution in [0.1, 0.15) is 0 Å². The second-order valence-electron chi connectivity index (χ2n) is 16.1. The highest BCUT2D eigenvalue weighted by atomic mass is 28.3. The highest BCUT2D eigenvalue weighted by Gasteiger charge is 2.44. The fourth-order valence-electron chi connectivity index (χ4n) is 9.36. The SMILES string of the molecule is C[Si]1(C)c2nc(-c3cccc(-c4cccc(-c5ccccc5)c4)c3)nc(-c3cccc(-c4cccc(-c5ccccc5)c4)c3)c2-c2c1c1ccccc1c1ccccc21. The van der Waals surface area contributed by atoms with E-state index in [1.165, 1.54) is 76.6 Å². The van der Waals surface area contributed by atoms with Crippen molar-refractivity contribution in [1.29, 1.82) is 0 Å². The van der Waals surface area contributed by atoms with Crippen LogP contribution in [0.15, 0.2) is 206 Å². The van der Waals surface area contributed by atoms with E-state index in [1.54, 1.807) is 0 Å². The van der Waals surface area contributed by atoms with Gasteiger partial charge in [0.2, 0.25) is 0 Å². The van der Waals surface area contributed by atoms with Gasteiger partial charge in [-0.25, -0.2) is 9.97 Å². The molecule has 0 N–H and O–H groups in total. The zero-order valence-corrected chi connectivity index (χ0v) is 34.0. The van der Waals surface area contributed by atoms with Crippen molar-refractivity contribution in [3.05, 3.63) is 206 Å². The van der Waals surface area contributed by atoms with Gasteiger partial charge in [0.05, 0.1) is 5.69 Å². The Bertz CT molecular complexity index is 3240. The monoisotopic (exact) mass is 768 g/mol. The number of fused-ring (bicyclic) bond motifs is 8. The Kier molecular flexibility index (Phi) is 8.31. The molecule has 11 rings (SSSR count). The number of benzene rings is 9. The number of hydrogen-bond acceptors (Lipinski definition) is 2. The first-order valence-corrected chi connectivity index (χ1v) is 23.4. The Morgan fingerprint density at radius 1 is 0.305 bits per heavy atom. The summed E-state index contributed by atoms with van der Waals surface area (Å²) < 4.78 is 0. The maximum atomic E-state index is 5.67. The van der Waals surface area contributed by atoms with Crippen molar-refractivity contribution in [2.24, 2.45) is 0 Å². The van der Waals surface area contributed by atoms with E-state index in [0.717, 1.165) is 33.8 Å². The fourth-order valence-corrected chi connectivity index (χ4v) is 12.6. The third-order valence-corrected chi connectivity index (χ3v) is 15.5. The lowest BCUT2D eigenvalue weighted by Gasteiger charge is -2.21. The van der Waals surface area contributed by atoms with Crippen LogP contribution in [0, 0.1) is 0 Å². The fraction of sp³-hybridized carbons (Fsp3) is 0.0357. The predicted octanol–water partition coefficient (Wildman–Crippen LogP) is 13.6. The van der Waals surface area contributed by atoms with Gasteiger partial charge in [-0.3, -0.25) is 0 Å². The van der Waals surface area contributed by atoms with Crippen molar-refractivity contribution >= 4 is 40.1 Å². The second kappa shape index (κ2) is 14.0. The van der Waals surface area contributed by atoms with Crippen molar-refractivity contribution in [3.8, 4) is 78.3 Å². The average molecular weight is 769 g/mol. The average Bonchev–Trinajstić information content (AvgIpc) is 3.56. The molecule has 0 fully saturated rings. The van der Waals surface area contributed by atoms with Gasteiger partial charge in [0.1, 0.15) is 8.07 Å². The van der Waals surface area contributed by atoms with Crippen LogP contribution in [-0.2, 0) is 0 Å². The summed E-state index contributed by atoms with van der Waals surface area (Å²) in [5, 5.41) is 7.82. The Morgan fingerprint density at radius 2 is 0.678 bits per heavy atom. The van der Waals surface area contributed by atoms with Gasteiger partial charge in [0.25, 0.3) is 0 Å². The maximum Gasteiger partial charge on any atom is 0.159 e. The van der Waals surface area contributed by atoms with Gasteiger partial charge in [-0.1, -0.05) is 195 Å². The molecular formula is C56H40N2Si. The molecule has 0 unspecified atom stereocenters. The molecule has 0 amide bonds. The van der Waals surface area contributed by atoms with Crippen LogP contribution in [0.5, 0.6) is 0 Å². The van der Waals surface area contributed by atoms with E-state index in [0.29, 0.717) is 0 Å². The van der Waals surface area contributed by atoms with Gasteiger partial charge < -0.3 is 0 Å². The van der Waals surface area contributed by atoms with Crippen LogP contribution in [0.2, 0.25) is 13.1 Å². The summed E-state index contributed by atoms with van der Waals surface area (Å²) in [6, 6.07) is 74.5. The van der Waals surface area contributed by atoms with E-state index >= 15 is 0 Å². The first kappa shape index (κ1) is 35.0. The summed E-state index contributed by atoms with van der Waals surface area (Å²) in [5.41, 5.74) is 15.0. The zero-order chi connectivity index (χ0) is 39.5. The molecule has 0 bridgehead atoms. The minimum atomic E-state index is -2.39. The highest BCUT2D eigenvalue weighted by molar-refractivity contribution is 7.05. The summed E-state index contributed by atoms with van der Waals surface area (Å²) in [5.74, 6) is 0.762. The van der Waals surface area contributed by atoms with Crippen molar-refractivity contribution in [2.45, 2.75) is 13.1 Å². The molecule has 0 aliphatic carbocycles. The molecule has 0 saturated carbocycles. The maximum absolute atomic E-state index is 5.67. The number of nitrogens with zero attached hydrogens (tertiary/aromatic N) is 2. The molecule has 2 heterocycles. The molecule has 59 heavy (non-hydrogen) atoms. The summed E-state index contributed by atoms with van der Waals surface area (Å²) in [6.45, 7) is 4.97. The van der Waals surface area contributed by atoms with E-state index in [-0.39, 0.29) is 0 Å². The quantitative estimate of drug-likeness (QED) is 0.124. The molecule has 9 aromatic carbocycles. The lowest BCUT2D eigenvalue weighted by atomic mass is 9.91. The third kappa shape index (κ3) is 5.93. The topological polar surface area (TPSA) is 25.8 Å². The van der Waals surface area contributed by atoms with Crippen LogP contribution >= 0.6 is 0 Å². The van der Waals surface area contributed by atoms with E-state index in [2.05, 4.69) is 219 Å².